The molecule has 1 rings (SSSR count). The number of aliphatic hydroxyl groups is 1. The molecule has 2 atom stereocenters. The van der Waals surface area contributed by atoms with Crippen LogP contribution >= 0.6 is 0 Å². The van der Waals surface area contributed by atoms with E-state index in [1.54, 1.807) is 0 Å². The summed E-state index contributed by atoms with van der Waals surface area (Å²) in [6.07, 6.45) is 8.18. The first kappa shape index (κ1) is 10.0. The number of unbranched alkanes of at least 4 members (excludes halogenated alkanes) is 3. The number of hydrogen-bond donors (Lipinski definition) is 1. The third-order valence-corrected chi connectivity index (χ3v) is 2.49. The quantitative estimate of drug-likeness (QED) is 0.471. The summed E-state index contributed by atoms with van der Waals surface area (Å²) in [5.74, 6) is 0. The second-order valence-corrected chi connectivity index (χ2v) is 3.55. The molecule has 1 aliphatic heterocycles. The summed E-state index contributed by atoms with van der Waals surface area (Å²) in [7, 11) is 0. The lowest BCUT2D eigenvalue weighted by Gasteiger charge is -1.96. The van der Waals surface area contributed by atoms with Crippen molar-refractivity contribution in [2.75, 3.05) is 6.61 Å². The van der Waals surface area contributed by atoms with Crippen molar-refractivity contribution in [3.63, 3.8) is 0 Å². The Hall–Kier alpha value is -0.0800. The van der Waals surface area contributed by atoms with Crippen LogP contribution in [-0.2, 0) is 4.74 Å². The van der Waals surface area contributed by atoms with E-state index in [4.69, 9.17) is 9.84 Å². The molecule has 0 aliphatic carbocycles. The molecular formula is C10H20O2. The Labute approximate surface area is 74.9 Å². The van der Waals surface area contributed by atoms with Gasteiger partial charge in [0.25, 0.3) is 0 Å². The summed E-state index contributed by atoms with van der Waals surface area (Å²) in [5.41, 5.74) is 0. The third-order valence-electron chi connectivity index (χ3n) is 2.49. The molecule has 1 saturated heterocycles. The second kappa shape index (κ2) is 5.55. The maximum Gasteiger partial charge on any atom is 0.0841 e. The fourth-order valence-corrected chi connectivity index (χ4v) is 1.60. The van der Waals surface area contributed by atoms with Gasteiger partial charge in [0.2, 0.25) is 0 Å². The molecule has 0 spiro atoms. The molecule has 0 aromatic heterocycles. The van der Waals surface area contributed by atoms with E-state index in [1.165, 1.54) is 32.1 Å². The van der Waals surface area contributed by atoms with Crippen molar-refractivity contribution in [3.05, 3.63) is 0 Å². The van der Waals surface area contributed by atoms with E-state index in [0.717, 1.165) is 6.42 Å². The van der Waals surface area contributed by atoms with Crippen molar-refractivity contribution in [1.82, 2.24) is 0 Å². The van der Waals surface area contributed by atoms with Crippen molar-refractivity contribution < 1.29 is 9.84 Å². The Kier molecular flexibility index (Phi) is 4.62. The van der Waals surface area contributed by atoms with Crippen LogP contribution in [0.2, 0.25) is 0 Å². The molecule has 72 valence electrons. The Morgan fingerprint density at radius 1 is 1.08 bits per heavy atom. The molecule has 1 aliphatic rings. The molecule has 0 bridgehead atoms. The summed E-state index contributed by atoms with van der Waals surface area (Å²) >= 11 is 0. The van der Waals surface area contributed by atoms with Crippen LogP contribution < -0.4 is 0 Å². The lowest BCUT2D eigenvalue weighted by molar-refractivity contribution is 0.281. The summed E-state index contributed by atoms with van der Waals surface area (Å²) < 4.78 is 5.42. The fraction of sp³-hybridized carbons (Fsp3) is 1.00. The van der Waals surface area contributed by atoms with E-state index in [9.17, 15) is 0 Å². The van der Waals surface area contributed by atoms with Crippen molar-refractivity contribution >= 4 is 0 Å². The molecule has 1 heterocycles. The third kappa shape index (κ3) is 3.55. The fourth-order valence-electron chi connectivity index (χ4n) is 1.60. The molecule has 0 aromatic carbocycles. The lowest BCUT2D eigenvalue weighted by atomic mass is 10.1. The number of rotatable bonds is 7. The van der Waals surface area contributed by atoms with E-state index < -0.39 is 0 Å². The molecule has 0 radical (unpaired) electrons. The zero-order chi connectivity index (χ0) is 8.81. The van der Waals surface area contributed by atoms with Crippen LogP contribution in [0.1, 0.15) is 45.4 Å². The first-order valence-corrected chi connectivity index (χ1v) is 5.14. The summed E-state index contributed by atoms with van der Waals surface area (Å²) in [6, 6.07) is 0. The van der Waals surface area contributed by atoms with E-state index in [0.29, 0.717) is 18.8 Å². The van der Waals surface area contributed by atoms with Crippen LogP contribution in [0.4, 0.5) is 0 Å². The first-order valence-electron chi connectivity index (χ1n) is 5.14. The normalized spacial score (nSPS) is 27.5. The molecule has 0 saturated carbocycles. The average molecular weight is 172 g/mol. The largest absolute Gasteiger partial charge is 0.396 e. The van der Waals surface area contributed by atoms with Crippen LogP contribution in [-0.4, -0.2) is 23.9 Å². The number of hydrogen-bond acceptors (Lipinski definition) is 2. The van der Waals surface area contributed by atoms with Gasteiger partial charge in [-0.05, 0) is 19.3 Å². The van der Waals surface area contributed by atoms with Crippen molar-refractivity contribution in [2.45, 2.75) is 57.7 Å². The maximum atomic E-state index is 8.54. The minimum Gasteiger partial charge on any atom is -0.396 e. The van der Waals surface area contributed by atoms with Gasteiger partial charge in [0.1, 0.15) is 0 Å². The topological polar surface area (TPSA) is 32.8 Å². The molecule has 0 aromatic rings. The van der Waals surface area contributed by atoms with E-state index in [-0.39, 0.29) is 0 Å². The highest BCUT2D eigenvalue weighted by molar-refractivity contribution is 4.82. The minimum absolute atomic E-state index is 0.345. The monoisotopic (exact) mass is 172 g/mol. The Morgan fingerprint density at radius 3 is 2.42 bits per heavy atom. The number of ether oxygens (including phenoxy) is 1. The predicted octanol–water partition coefficient (Wildman–Crippen LogP) is 2.11. The highest BCUT2D eigenvalue weighted by Gasteiger charge is 2.35. The van der Waals surface area contributed by atoms with Gasteiger partial charge in [-0.3, -0.25) is 0 Å². The molecule has 1 N–H and O–H groups in total. The van der Waals surface area contributed by atoms with Crippen LogP contribution in [0.15, 0.2) is 0 Å². The smallest absolute Gasteiger partial charge is 0.0841 e. The van der Waals surface area contributed by atoms with Crippen molar-refractivity contribution in [3.8, 4) is 0 Å². The molecule has 2 unspecified atom stereocenters. The summed E-state index contributed by atoms with van der Waals surface area (Å²) in [4.78, 5) is 0. The standard InChI is InChI=1S/C10H20O2/c1-2-9-10(12-9)7-5-3-4-6-8-11/h9-11H,2-8H2,1H3. The molecule has 1 fully saturated rings. The van der Waals surface area contributed by atoms with Gasteiger partial charge in [-0.15, -0.1) is 0 Å². The summed E-state index contributed by atoms with van der Waals surface area (Å²) in [6.45, 7) is 2.52. The van der Waals surface area contributed by atoms with Gasteiger partial charge in [0.15, 0.2) is 0 Å². The van der Waals surface area contributed by atoms with Crippen molar-refractivity contribution in [2.24, 2.45) is 0 Å². The van der Waals surface area contributed by atoms with E-state index in [1.807, 2.05) is 0 Å². The van der Waals surface area contributed by atoms with Crippen LogP contribution in [0.3, 0.4) is 0 Å². The Balaban J connectivity index is 1.78. The molecule has 12 heavy (non-hydrogen) atoms. The second-order valence-electron chi connectivity index (χ2n) is 3.55. The van der Waals surface area contributed by atoms with Crippen LogP contribution in [0, 0.1) is 0 Å². The van der Waals surface area contributed by atoms with Crippen LogP contribution in [0.5, 0.6) is 0 Å². The van der Waals surface area contributed by atoms with E-state index in [2.05, 4.69) is 6.92 Å². The van der Waals surface area contributed by atoms with Gasteiger partial charge >= 0.3 is 0 Å². The maximum absolute atomic E-state index is 8.54. The number of epoxide rings is 1. The Morgan fingerprint density at radius 2 is 1.83 bits per heavy atom. The number of aliphatic hydroxyl groups excluding tert-OH is 1. The van der Waals surface area contributed by atoms with Gasteiger partial charge < -0.3 is 9.84 Å². The highest BCUT2D eigenvalue weighted by Crippen LogP contribution is 2.29. The van der Waals surface area contributed by atoms with Gasteiger partial charge in [-0.2, -0.15) is 0 Å². The van der Waals surface area contributed by atoms with Gasteiger partial charge in [0, 0.05) is 6.61 Å². The molecular weight excluding hydrogens is 152 g/mol. The highest BCUT2D eigenvalue weighted by atomic mass is 16.6. The van der Waals surface area contributed by atoms with Gasteiger partial charge in [0.05, 0.1) is 12.2 Å². The molecule has 2 heteroatoms. The Bertz CT molecular complexity index is 114. The first-order chi connectivity index (χ1) is 5.88. The predicted molar refractivity (Wildman–Crippen MR) is 49.1 cm³/mol. The lowest BCUT2D eigenvalue weighted by Crippen LogP contribution is -1.92. The zero-order valence-electron chi connectivity index (χ0n) is 7.96. The molecule has 0 amide bonds. The average Bonchev–Trinajstić information content (AvgIpc) is 2.83. The van der Waals surface area contributed by atoms with Crippen molar-refractivity contribution in [1.29, 1.82) is 0 Å². The zero-order valence-corrected chi connectivity index (χ0v) is 7.96. The summed E-state index contributed by atoms with van der Waals surface area (Å²) in [5, 5.41) is 8.54. The van der Waals surface area contributed by atoms with Gasteiger partial charge in [-0.25, -0.2) is 0 Å². The SMILES string of the molecule is CCC1OC1CCCCCCO. The van der Waals surface area contributed by atoms with Gasteiger partial charge in [-0.1, -0.05) is 26.2 Å². The van der Waals surface area contributed by atoms with Crippen LogP contribution in [0.25, 0.3) is 0 Å². The molecule has 2 nitrogen and oxygen atoms in total. The van der Waals surface area contributed by atoms with E-state index >= 15 is 0 Å². The minimum atomic E-state index is 0.345.